The number of amides is 1. The lowest BCUT2D eigenvalue weighted by Crippen LogP contribution is -2.27. The van der Waals surface area contributed by atoms with E-state index in [0.29, 0.717) is 12.3 Å². The predicted molar refractivity (Wildman–Crippen MR) is 81.5 cm³/mol. The van der Waals surface area contributed by atoms with Gasteiger partial charge in [-0.05, 0) is 42.8 Å². The summed E-state index contributed by atoms with van der Waals surface area (Å²) in [5.41, 5.74) is 7.58. The Labute approximate surface area is 122 Å². The van der Waals surface area contributed by atoms with Crippen molar-refractivity contribution in [3.8, 4) is 0 Å². The van der Waals surface area contributed by atoms with E-state index in [1.165, 1.54) is 11.8 Å². The molecule has 1 heterocycles. The Morgan fingerprint density at radius 2 is 2.20 bits per heavy atom. The average molecular weight is 290 g/mol. The molecule has 0 aliphatic heterocycles. The van der Waals surface area contributed by atoms with Crippen LogP contribution in [0, 0.1) is 6.92 Å². The van der Waals surface area contributed by atoms with E-state index in [1.54, 1.807) is 18.2 Å². The Balaban J connectivity index is 1.86. The minimum atomic E-state index is 0.0703. The van der Waals surface area contributed by atoms with Crippen molar-refractivity contribution in [2.75, 3.05) is 18.5 Å². The molecule has 0 saturated carbocycles. The molecule has 0 aliphatic rings. The van der Waals surface area contributed by atoms with Gasteiger partial charge < -0.3 is 15.1 Å². The molecule has 1 amide bonds. The lowest BCUT2D eigenvalue weighted by molar-refractivity contribution is -0.127. The maximum absolute atomic E-state index is 12.0. The van der Waals surface area contributed by atoms with Gasteiger partial charge in [-0.3, -0.25) is 4.79 Å². The number of aryl methyl sites for hydroxylation is 1. The molecule has 4 nitrogen and oxygen atoms in total. The molecule has 0 aliphatic carbocycles. The predicted octanol–water partition coefficient (Wildman–Crippen LogP) is 2.92. The van der Waals surface area contributed by atoms with Gasteiger partial charge in [0.05, 0.1) is 18.6 Å². The summed E-state index contributed by atoms with van der Waals surface area (Å²) in [5.74, 6) is 1.26. The number of thioether (sulfide) groups is 1. The molecule has 0 bridgehead atoms. The third kappa shape index (κ3) is 3.81. The summed E-state index contributed by atoms with van der Waals surface area (Å²) in [5, 5.41) is 0. The number of furan rings is 1. The van der Waals surface area contributed by atoms with Gasteiger partial charge in [0.2, 0.25) is 5.91 Å². The minimum absolute atomic E-state index is 0.0703. The van der Waals surface area contributed by atoms with E-state index in [-0.39, 0.29) is 5.91 Å². The smallest absolute Gasteiger partial charge is 0.233 e. The van der Waals surface area contributed by atoms with Crippen molar-refractivity contribution in [2.45, 2.75) is 18.4 Å². The van der Waals surface area contributed by atoms with Gasteiger partial charge >= 0.3 is 0 Å². The van der Waals surface area contributed by atoms with Crippen LogP contribution in [0.3, 0.4) is 0 Å². The van der Waals surface area contributed by atoms with Crippen molar-refractivity contribution in [1.82, 2.24) is 4.90 Å². The molecule has 0 radical (unpaired) electrons. The van der Waals surface area contributed by atoms with Gasteiger partial charge in [-0.1, -0.05) is 0 Å². The second-order valence-electron chi connectivity index (χ2n) is 4.64. The fourth-order valence-corrected chi connectivity index (χ4v) is 2.65. The van der Waals surface area contributed by atoms with Crippen LogP contribution in [0.25, 0.3) is 0 Å². The first kappa shape index (κ1) is 14.5. The SMILES string of the molecule is Cc1cc(SCC(=O)N(C)Cc2ccco2)ccc1N. The molecule has 1 aromatic heterocycles. The Hall–Kier alpha value is -1.88. The topological polar surface area (TPSA) is 59.5 Å². The number of carbonyl (C=O) groups is 1. The van der Waals surface area contributed by atoms with Crippen LogP contribution in [0.4, 0.5) is 5.69 Å². The third-order valence-electron chi connectivity index (χ3n) is 3.00. The number of rotatable bonds is 5. The van der Waals surface area contributed by atoms with Crippen molar-refractivity contribution in [2.24, 2.45) is 0 Å². The summed E-state index contributed by atoms with van der Waals surface area (Å²) >= 11 is 1.51. The largest absolute Gasteiger partial charge is 0.467 e. The number of nitrogen functional groups attached to an aromatic ring is 1. The molecule has 1 aromatic carbocycles. The molecule has 0 spiro atoms. The molecule has 0 atom stereocenters. The van der Waals surface area contributed by atoms with E-state index < -0.39 is 0 Å². The third-order valence-corrected chi connectivity index (χ3v) is 3.98. The first-order valence-electron chi connectivity index (χ1n) is 6.31. The molecule has 2 aromatic rings. The summed E-state index contributed by atoms with van der Waals surface area (Å²) in [6.45, 7) is 2.46. The molecule has 2 N–H and O–H groups in total. The van der Waals surface area contributed by atoms with E-state index in [4.69, 9.17) is 10.2 Å². The highest BCUT2D eigenvalue weighted by molar-refractivity contribution is 8.00. The monoisotopic (exact) mass is 290 g/mol. The molecule has 0 saturated heterocycles. The van der Waals surface area contributed by atoms with E-state index in [2.05, 4.69) is 0 Å². The van der Waals surface area contributed by atoms with Crippen LogP contribution in [0.5, 0.6) is 0 Å². The van der Waals surface area contributed by atoms with Crippen molar-refractivity contribution < 1.29 is 9.21 Å². The van der Waals surface area contributed by atoms with E-state index in [9.17, 15) is 4.79 Å². The number of nitrogens with two attached hydrogens (primary N) is 1. The highest BCUT2D eigenvalue weighted by atomic mass is 32.2. The quantitative estimate of drug-likeness (QED) is 0.679. The number of carbonyl (C=O) groups excluding carboxylic acids is 1. The fraction of sp³-hybridized carbons (Fsp3) is 0.267. The summed E-state index contributed by atoms with van der Waals surface area (Å²) in [6.07, 6.45) is 1.61. The number of nitrogens with zero attached hydrogens (tertiary/aromatic N) is 1. The van der Waals surface area contributed by atoms with Crippen molar-refractivity contribution >= 4 is 23.4 Å². The zero-order chi connectivity index (χ0) is 14.5. The van der Waals surface area contributed by atoms with E-state index in [1.807, 2.05) is 37.3 Å². The molecule has 2 rings (SSSR count). The molecule has 0 unspecified atom stereocenters. The van der Waals surface area contributed by atoms with Crippen LogP contribution >= 0.6 is 11.8 Å². The van der Waals surface area contributed by atoms with Crippen molar-refractivity contribution in [1.29, 1.82) is 0 Å². The zero-order valence-electron chi connectivity index (χ0n) is 11.6. The Morgan fingerprint density at radius 1 is 1.40 bits per heavy atom. The highest BCUT2D eigenvalue weighted by Gasteiger charge is 2.11. The maximum atomic E-state index is 12.0. The second kappa shape index (κ2) is 6.52. The second-order valence-corrected chi connectivity index (χ2v) is 5.68. The lowest BCUT2D eigenvalue weighted by Gasteiger charge is -2.15. The van der Waals surface area contributed by atoms with Gasteiger partial charge in [0, 0.05) is 17.6 Å². The Bertz CT molecular complexity index is 582. The van der Waals surface area contributed by atoms with Crippen LogP contribution in [0.2, 0.25) is 0 Å². The van der Waals surface area contributed by atoms with Crippen LogP contribution in [0.15, 0.2) is 45.9 Å². The van der Waals surface area contributed by atoms with Crippen LogP contribution in [-0.2, 0) is 11.3 Å². The maximum Gasteiger partial charge on any atom is 0.233 e. The minimum Gasteiger partial charge on any atom is -0.467 e. The summed E-state index contributed by atoms with van der Waals surface area (Å²) in [7, 11) is 1.78. The molecule has 5 heteroatoms. The van der Waals surface area contributed by atoms with Crippen LogP contribution in [-0.4, -0.2) is 23.6 Å². The zero-order valence-corrected chi connectivity index (χ0v) is 12.4. The molecular weight excluding hydrogens is 272 g/mol. The van der Waals surface area contributed by atoms with Gasteiger partial charge in [-0.25, -0.2) is 0 Å². The van der Waals surface area contributed by atoms with Crippen LogP contribution in [0.1, 0.15) is 11.3 Å². The fourth-order valence-electron chi connectivity index (χ4n) is 1.72. The van der Waals surface area contributed by atoms with Gasteiger partial charge in [0.1, 0.15) is 5.76 Å². The van der Waals surface area contributed by atoms with Crippen molar-refractivity contribution in [3.05, 3.63) is 47.9 Å². The summed E-state index contributed by atoms with van der Waals surface area (Å²) in [4.78, 5) is 14.7. The first-order chi connectivity index (χ1) is 9.56. The average Bonchev–Trinajstić information content (AvgIpc) is 2.92. The standard InChI is InChI=1S/C15H18N2O2S/c1-11-8-13(5-6-14(11)16)20-10-15(18)17(2)9-12-4-3-7-19-12/h3-8H,9-10,16H2,1-2H3. The van der Waals surface area contributed by atoms with E-state index in [0.717, 1.165) is 21.9 Å². The summed E-state index contributed by atoms with van der Waals surface area (Å²) < 4.78 is 5.23. The number of hydrogen-bond acceptors (Lipinski definition) is 4. The van der Waals surface area contributed by atoms with Crippen LogP contribution < -0.4 is 5.73 Å². The molecule has 20 heavy (non-hydrogen) atoms. The number of anilines is 1. The summed E-state index contributed by atoms with van der Waals surface area (Å²) in [6, 6.07) is 9.49. The van der Waals surface area contributed by atoms with Crippen molar-refractivity contribution in [3.63, 3.8) is 0 Å². The molecule has 0 fully saturated rings. The number of hydrogen-bond donors (Lipinski definition) is 1. The lowest BCUT2D eigenvalue weighted by atomic mass is 10.2. The highest BCUT2D eigenvalue weighted by Crippen LogP contribution is 2.22. The molecule has 106 valence electrons. The normalized spacial score (nSPS) is 10.5. The van der Waals surface area contributed by atoms with Gasteiger partial charge in [0.25, 0.3) is 0 Å². The Kier molecular flexibility index (Phi) is 4.74. The number of benzene rings is 1. The van der Waals surface area contributed by atoms with Gasteiger partial charge in [-0.15, -0.1) is 11.8 Å². The van der Waals surface area contributed by atoms with Gasteiger partial charge in [-0.2, -0.15) is 0 Å². The van der Waals surface area contributed by atoms with Gasteiger partial charge in [0.15, 0.2) is 0 Å². The molecular formula is C15H18N2O2S. The Morgan fingerprint density at radius 3 is 2.85 bits per heavy atom. The first-order valence-corrected chi connectivity index (χ1v) is 7.30. The van der Waals surface area contributed by atoms with E-state index >= 15 is 0 Å².